The number of hydrogen-bond donors (Lipinski definition) is 1. The number of amides is 2. The van der Waals surface area contributed by atoms with Crippen LogP contribution < -0.4 is 10.1 Å². The number of benzene rings is 2. The molecule has 0 fully saturated rings. The molecule has 5 nitrogen and oxygen atoms in total. The first-order chi connectivity index (χ1) is 12.1. The average Bonchev–Trinajstić information content (AvgIpc) is 2.65. The Balaban J connectivity index is 1.80. The van der Waals surface area contributed by atoms with E-state index < -0.39 is 0 Å². The summed E-state index contributed by atoms with van der Waals surface area (Å²) in [7, 11) is 3.42. The Morgan fingerprint density at radius 2 is 1.60 bits per heavy atom. The van der Waals surface area contributed by atoms with Gasteiger partial charge in [0.25, 0.3) is 0 Å². The lowest BCUT2D eigenvalue weighted by Crippen LogP contribution is -2.36. The lowest BCUT2D eigenvalue weighted by atomic mass is 10.1. The van der Waals surface area contributed by atoms with Crippen molar-refractivity contribution in [3.63, 3.8) is 0 Å². The maximum absolute atomic E-state index is 12.2. The van der Waals surface area contributed by atoms with Gasteiger partial charge in [-0.15, -0.1) is 0 Å². The number of rotatable bonds is 8. The molecule has 2 amide bonds. The second kappa shape index (κ2) is 9.69. The van der Waals surface area contributed by atoms with E-state index in [-0.39, 0.29) is 6.03 Å². The summed E-state index contributed by atoms with van der Waals surface area (Å²) in [6.45, 7) is 4.35. The van der Waals surface area contributed by atoms with Gasteiger partial charge in [0.05, 0.1) is 13.7 Å². The summed E-state index contributed by atoms with van der Waals surface area (Å²) in [5.74, 6) is 0.809. The normalized spacial score (nSPS) is 10.4. The Labute approximate surface area is 149 Å². The molecule has 1 N–H and O–H groups in total. The number of carbonyl (C=O) groups excluding carboxylic acids is 1. The van der Waals surface area contributed by atoms with Gasteiger partial charge in [-0.2, -0.15) is 0 Å². The summed E-state index contributed by atoms with van der Waals surface area (Å²) in [5, 5.41) is 2.94. The summed E-state index contributed by atoms with van der Waals surface area (Å²) in [5.41, 5.74) is 3.25. The van der Waals surface area contributed by atoms with Crippen molar-refractivity contribution in [2.24, 2.45) is 0 Å². The lowest BCUT2D eigenvalue weighted by molar-refractivity contribution is 0.134. The predicted molar refractivity (Wildman–Crippen MR) is 98.5 cm³/mol. The molecule has 0 aliphatic rings. The largest absolute Gasteiger partial charge is 0.497 e. The van der Waals surface area contributed by atoms with E-state index >= 15 is 0 Å². The van der Waals surface area contributed by atoms with Gasteiger partial charge in [0.2, 0.25) is 0 Å². The standard InChI is InChI=1S/C20H26N2O3/c1-4-25-15-18-7-5-16(6-8-18)13-21-20(23)22(2)14-17-9-11-19(24-3)12-10-17/h5-12H,4,13-15H2,1-3H3,(H,21,23). The van der Waals surface area contributed by atoms with Gasteiger partial charge in [-0.25, -0.2) is 4.79 Å². The fourth-order valence-electron chi connectivity index (χ4n) is 2.36. The third kappa shape index (κ3) is 6.12. The summed E-state index contributed by atoms with van der Waals surface area (Å²) < 4.78 is 10.5. The Hall–Kier alpha value is -2.53. The third-order valence-electron chi connectivity index (χ3n) is 3.87. The van der Waals surface area contributed by atoms with Gasteiger partial charge >= 0.3 is 6.03 Å². The first-order valence-corrected chi connectivity index (χ1v) is 8.39. The molecule has 0 unspecified atom stereocenters. The second-order valence-electron chi connectivity index (χ2n) is 5.82. The van der Waals surface area contributed by atoms with Crippen molar-refractivity contribution in [2.75, 3.05) is 20.8 Å². The molecular weight excluding hydrogens is 316 g/mol. The Bertz CT molecular complexity index is 654. The molecule has 25 heavy (non-hydrogen) atoms. The highest BCUT2D eigenvalue weighted by atomic mass is 16.5. The van der Waals surface area contributed by atoms with Crippen LogP contribution in [0.2, 0.25) is 0 Å². The molecule has 0 aliphatic carbocycles. The Kier molecular flexibility index (Phi) is 7.29. The maximum Gasteiger partial charge on any atom is 0.317 e. The molecule has 0 bridgehead atoms. The van der Waals surface area contributed by atoms with Crippen molar-refractivity contribution < 1.29 is 14.3 Å². The van der Waals surface area contributed by atoms with Crippen LogP contribution in [0.1, 0.15) is 23.6 Å². The van der Waals surface area contributed by atoms with Crippen LogP contribution >= 0.6 is 0 Å². The van der Waals surface area contributed by atoms with Crippen molar-refractivity contribution >= 4 is 6.03 Å². The molecule has 0 radical (unpaired) electrons. The zero-order valence-corrected chi connectivity index (χ0v) is 15.1. The summed E-state index contributed by atoms with van der Waals surface area (Å²) >= 11 is 0. The van der Waals surface area contributed by atoms with Crippen LogP contribution in [0.3, 0.4) is 0 Å². The molecule has 0 heterocycles. The number of hydrogen-bond acceptors (Lipinski definition) is 3. The first-order valence-electron chi connectivity index (χ1n) is 8.39. The molecule has 2 rings (SSSR count). The molecule has 0 atom stereocenters. The highest BCUT2D eigenvalue weighted by Gasteiger charge is 2.09. The maximum atomic E-state index is 12.2. The van der Waals surface area contributed by atoms with Crippen molar-refractivity contribution in [3.8, 4) is 5.75 Å². The molecule has 0 saturated carbocycles. The molecule has 2 aromatic carbocycles. The topological polar surface area (TPSA) is 50.8 Å². The zero-order valence-electron chi connectivity index (χ0n) is 15.1. The minimum Gasteiger partial charge on any atom is -0.497 e. The van der Waals surface area contributed by atoms with Crippen LogP contribution in [0, 0.1) is 0 Å². The number of methoxy groups -OCH3 is 1. The highest BCUT2D eigenvalue weighted by Crippen LogP contribution is 2.12. The van der Waals surface area contributed by atoms with Crippen molar-refractivity contribution in [3.05, 3.63) is 65.2 Å². The monoisotopic (exact) mass is 342 g/mol. The van der Waals surface area contributed by atoms with Gasteiger partial charge in [0, 0.05) is 26.7 Å². The number of ether oxygens (including phenoxy) is 2. The van der Waals surface area contributed by atoms with Gasteiger partial charge in [-0.1, -0.05) is 36.4 Å². The van der Waals surface area contributed by atoms with Crippen LogP contribution in [0.5, 0.6) is 5.75 Å². The molecule has 0 spiro atoms. The van der Waals surface area contributed by atoms with Gasteiger partial charge in [-0.3, -0.25) is 0 Å². The Morgan fingerprint density at radius 1 is 1.00 bits per heavy atom. The first kappa shape index (κ1) is 18.8. The number of carbonyl (C=O) groups is 1. The summed E-state index contributed by atoms with van der Waals surface area (Å²) in [4.78, 5) is 13.9. The van der Waals surface area contributed by atoms with Gasteiger partial charge in [0.1, 0.15) is 5.75 Å². The second-order valence-corrected chi connectivity index (χ2v) is 5.82. The van der Waals surface area contributed by atoms with Crippen LogP contribution in [0.25, 0.3) is 0 Å². The minimum atomic E-state index is -0.103. The van der Waals surface area contributed by atoms with E-state index in [1.54, 1.807) is 19.1 Å². The molecule has 0 aliphatic heterocycles. The number of nitrogens with zero attached hydrogens (tertiary/aromatic N) is 1. The SMILES string of the molecule is CCOCc1ccc(CNC(=O)N(C)Cc2ccc(OC)cc2)cc1. The van der Waals surface area contributed by atoms with Gasteiger partial charge in [0.15, 0.2) is 0 Å². The van der Waals surface area contributed by atoms with E-state index in [1.807, 2.05) is 55.5 Å². The number of nitrogens with one attached hydrogen (secondary N) is 1. The van der Waals surface area contributed by atoms with E-state index in [0.29, 0.717) is 26.3 Å². The van der Waals surface area contributed by atoms with E-state index in [2.05, 4.69) is 5.32 Å². The Morgan fingerprint density at radius 3 is 2.20 bits per heavy atom. The average molecular weight is 342 g/mol. The minimum absolute atomic E-state index is 0.103. The summed E-state index contributed by atoms with van der Waals surface area (Å²) in [6, 6.07) is 15.7. The molecule has 134 valence electrons. The van der Waals surface area contributed by atoms with Crippen LogP contribution in [-0.4, -0.2) is 31.7 Å². The van der Waals surface area contributed by atoms with Crippen LogP contribution in [-0.2, 0) is 24.4 Å². The predicted octanol–water partition coefficient (Wildman–Crippen LogP) is 3.57. The summed E-state index contributed by atoms with van der Waals surface area (Å²) in [6.07, 6.45) is 0. The highest BCUT2D eigenvalue weighted by molar-refractivity contribution is 5.73. The molecule has 0 aromatic heterocycles. The van der Waals surface area contributed by atoms with Gasteiger partial charge < -0.3 is 19.7 Å². The van der Waals surface area contributed by atoms with Gasteiger partial charge in [-0.05, 0) is 35.7 Å². The van der Waals surface area contributed by atoms with Crippen molar-refractivity contribution in [1.82, 2.24) is 10.2 Å². The van der Waals surface area contributed by atoms with E-state index in [1.165, 1.54) is 0 Å². The van der Waals surface area contributed by atoms with E-state index in [0.717, 1.165) is 22.4 Å². The van der Waals surface area contributed by atoms with Crippen LogP contribution in [0.4, 0.5) is 4.79 Å². The fraction of sp³-hybridized carbons (Fsp3) is 0.350. The quantitative estimate of drug-likeness (QED) is 0.798. The number of urea groups is 1. The third-order valence-corrected chi connectivity index (χ3v) is 3.87. The van der Waals surface area contributed by atoms with Crippen molar-refractivity contribution in [2.45, 2.75) is 26.6 Å². The molecule has 5 heteroatoms. The van der Waals surface area contributed by atoms with E-state index in [4.69, 9.17) is 9.47 Å². The lowest BCUT2D eigenvalue weighted by Gasteiger charge is -2.18. The molecule has 0 saturated heterocycles. The van der Waals surface area contributed by atoms with Crippen LogP contribution in [0.15, 0.2) is 48.5 Å². The van der Waals surface area contributed by atoms with E-state index in [9.17, 15) is 4.79 Å². The molecular formula is C20H26N2O3. The molecule has 2 aromatic rings. The zero-order chi connectivity index (χ0) is 18.1. The van der Waals surface area contributed by atoms with Crippen molar-refractivity contribution in [1.29, 1.82) is 0 Å². The fourth-order valence-corrected chi connectivity index (χ4v) is 2.36. The smallest absolute Gasteiger partial charge is 0.317 e.